The molecule has 3 nitrogen and oxygen atoms in total. The number of nitrogens with zero attached hydrogens (tertiary/aromatic N) is 2. The van der Waals surface area contributed by atoms with Crippen LogP contribution in [-0.2, 0) is 0 Å². The molecule has 2 aromatic rings. The molecule has 0 saturated carbocycles. The number of aromatic nitrogens is 2. The molecule has 0 radical (unpaired) electrons. The molecule has 1 heterocycles. The molecule has 1 aromatic carbocycles. The Labute approximate surface area is 131 Å². The van der Waals surface area contributed by atoms with Crippen molar-refractivity contribution in [3.63, 3.8) is 0 Å². The van der Waals surface area contributed by atoms with Crippen LogP contribution in [0.2, 0.25) is 0 Å². The van der Waals surface area contributed by atoms with E-state index in [1.54, 1.807) is 24.2 Å². The first kappa shape index (κ1) is 16.0. The summed E-state index contributed by atoms with van der Waals surface area (Å²) in [6, 6.07) is 9.11. The fourth-order valence-corrected chi connectivity index (χ4v) is 3.25. The van der Waals surface area contributed by atoms with E-state index in [0.717, 1.165) is 18.0 Å². The molecule has 2 rings (SSSR count). The lowest BCUT2D eigenvalue weighted by Crippen LogP contribution is -2.29. The second-order valence-corrected chi connectivity index (χ2v) is 6.61. The van der Waals surface area contributed by atoms with E-state index in [0.29, 0.717) is 11.3 Å². The quantitative estimate of drug-likeness (QED) is 0.784. The lowest BCUT2D eigenvalue weighted by molar-refractivity contribution is 0.527. The molecule has 112 valence electrons. The Balaban J connectivity index is 2.12. The summed E-state index contributed by atoms with van der Waals surface area (Å²) in [6.45, 7) is 7.58. The molecule has 4 heteroatoms. The summed E-state index contributed by atoms with van der Waals surface area (Å²) >= 11 is 1.77. The Hall–Kier alpha value is -1.39. The Morgan fingerprint density at radius 3 is 2.57 bits per heavy atom. The van der Waals surface area contributed by atoms with Crippen LogP contribution in [0.3, 0.4) is 0 Å². The SMILES string of the molecule is CCCNC(c1ccc(C)cc1)C(C)Sc1cnccn1. The lowest BCUT2D eigenvalue weighted by atomic mass is 10.0. The largest absolute Gasteiger partial charge is 0.309 e. The van der Waals surface area contributed by atoms with E-state index in [4.69, 9.17) is 0 Å². The van der Waals surface area contributed by atoms with Crippen LogP contribution in [0, 0.1) is 6.92 Å². The van der Waals surface area contributed by atoms with Gasteiger partial charge in [-0.1, -0.05) is 55.4 Å². The molecular weight excluding hydrogens is 278 g/mol. The number of nitrogens with one attached hydrogen (secondary N) is 1. The monoisotopic (exact) mass is 301 g/mol. The zero-order chi connectivity index (χ0) is 15.1. The summed E-state index contributed by atoms with van der Waals surface area (Å²) in [6.07, 6.45) is 6.41. The van der Waals surface area contributed by atoms with E-state index in [2.05, 4.69) is 60.3 Å². The van der Waals surface area contributed by atoms with Gasteiger partial charge in [-0.2, -0.15) is 0 Å². The van der Waals surface area contributed by atoms with Crippen molar-refractivity contribution in [1.82, 2.24) is 15.3 Å². The fraction of sp³-hybridized carbons (Fsp3) is 0.412. The van der Waals surface area contributed by atoms with Gasteiger partial charge in [0, 0.05) is 23.7 Å². The average molecular weight is 301 g/mol. The molecule has 2 unspecified atom stereocenters. The summed E-state index contributed by atoms with van der Waals surface area (Å²) < 4.78 is 0. The van der Waals surface area contributed by atoms with Crippen LogP contribution in [0.1, 0.15) is 37.4 Å². The van der Waals surface area contributed by atoms with Crippen molar-refractivity contribution in [2.24, 2.45) is 0 Å². The standard InChI is InChI=1S/C17H23N3S/c1-4-9-20-17(15-7-5-13(2)6-8-15)14(3)21-16-12-18-10-11-19-16/h5-8,10-12,14,17,20H,4,9H2,1-3H3. The molecule has 0 bridgehead atoms. The smallest absolute Gasteiger partial charge is 0.115 e. The zero-order valence-electron chi connectivity index (χ0n) is 12.9. The van der Waals surface area contributed by atoms with Gasteiger partial charge in [0.1, 0.15) is 5.03 Å². The number of thioether (sulfide) groups is 1. The number of aryl methyl sites for hydroxylation is 1. The maximum atomic E-state index is 4.36. The fourth-order valence-electron chi connectivity index (χ4n) is 2.23. The Morgan fingerprint density at radius 2 is 1.95 bits per heavy atom. The molecule has 0 spiro atoms. The minimum Gasteiger partial charge on any atom is -0.309 e. The summed E-state index contributed by atoms with van der Waals surface area (Å²) in [5, 5.41) is 5.01. The lowest BCUT2D eigenvalue weighted by Gasteiger charge is -2.25. The number of hydrogen-bond acceptors (Lipinski definition) is 4. The van der Waals surface area contributed by atoms with Gasteiger partial charge in [0.25, 0.3) is 0 Å². The van der Waals surface area contributed by atoms with E-state index >= 15 is 0 Å². The third-order valence-corrected chi connectivity index (χ3v) is 4.46. The van der Waals surface area contributed by atoms with Crippen LogP contribution >= 0.6 is 11.8 Å². The van der Waals surface area contributed by atoms with E-state index in [1.165, 1.54) is 11.1 Å². The van der Waals surface area contributed by atoms with Gasteiger partial charge < -0.3 is 5.32 Å². The van der Waals surface area contributed by atoms with Gasteiger partial charge >= 0.3 is 0 Å². The zero-order valence-corrected chi connectivity index (χ0v) is 13.7. The predicted molar refractivity (Wildman–Crippen MR) is 89.6 cm³/mol. The molecule has 0 amide bonds. The van der Waals surface area contributed by atoms with Crippen LogP contribution < -0.4 is 5.32 Å². The summed E-state index contributed by atoms with van der Waals surface area (Å²) in [7, 11) is 0. The van der Waals surface area contributed by atoms with Crippen molar-refractivity contribution < 1.29 is 0 Å². The van der Waals surface area contributed by atoms with Crippen molar-refractivity contribution >= 4 is 11.8 Å². The number of benzene rings is 1. The summed E-state index contributed by atoms with van der Waals surface area (Å²) in [5.74, 6) is 0. The van der Waals surface area contributed by atoms with Crippen LogP contribution in [0.15, 0.2) is 47.9 Å². The third kappa shape index (κ3) is 4.83. The summed E-state index contributed by atoms with van der Waals surface area (Å²) in [5.41, 5.74) is 2.63. The molecule has 0 fully saturated rings. The van der Waals surface area contributed by atoms with Crippen molar-refractivity contribution in [1.29, 1.82) is 0 Å². The van der Waals surface area contributed by atoms with Crippen LogP contribution in [-0.4, -0.2) is 21.8 Å². The van der Waals surface area contributed by atoms with Gasteiger partial charge in [0.15, 0.2) is 0 Å². The van der Waals surface area contributed by atoms with Gasteiger partial charge in [-0.15, -0.1) is 0 Å². The molecular formula is C17H23N3S. The van der Waals surface area contributed by atoms with Gasteiger partial charge in [0.05, 0.1) is 6.20 Å². The Bertz CT molecular complexity index is 527. The van der Waals surface area contributed by atoms with Crippen LogP contribution in [0.4, 0.5) is 0 Å². The molecule has 0 aliphatic carbocycles. The van der Waals surface area contributed by atoms with E-state index in [-0.39, 0.29) is 0 Å². The van der Waals surface area contributed by atoms with E-state index in [1.807, 2.05) is 6.20 Å². The van der Waals surface area contributed by atoms with Crippen molar-refractivity contribution in [3.05, 3.63) is 54.0 Å². The minimum atomic E-state index is 0.317. The first-order valence-corrected chi connectivity index (χ1v) is 8.31. The second kappa shape index (κ2) is 8.15. The van der Waals surface area contributed by atoms with Gasteiger partial charge in [-0.25, -0.2) is 4.98 Å². The Morgan fingerprint density at radius 1 is 1.19 bits per heavy atom. The normalized spacial score (nSPS) is 13.9. The highest BCUT2D eigenvalue weighted by Gasteiger charge is 2.20. The van der Waals surface area contributed by atoms with Gasteiger partial charge in [-0.05, 0) is 25.5 Å². The molecule has 2 atom stereocenters. The molecule has 0 saturated heterocycles. The van der Waals surface area contributed by atoms with Gasteiger partial charge in [0.2, 0.25) is 0 Å². The number of hydrogen-bond donors (Lipinski definition) is 1. The maximum absolute atomic E-state index is 4.36. The molecule has 1 N–H and O–H groups in total. The first-order valence-electron chi connectivity index (χ1n) is 7.43. The van der Waals surface area contributed by atoms with Crippen molar-refractivity contribution in [2.75, 3.05) is 6.54 Å². The highest BCUT2D eigenvalue weighted by molar-refractivity contribution is 7.99. The maximum Gasteiger partial charge on any atom is 0.115 e. The van der Waals surface area contributed by atoms with E-state index in [9.17, 15) is 0 Å². The predicted octanol–water partition coefficient (Wildman–Crippen LogP) is 4.01. The highest BCUT2D eigenvalue weighted by Crippen LogP contribution is 2.30. The topological polar surface area (TPSA) is 37.8 Å². The highest BCUT2D eigenvalue weighted by atomic mass is 32.2. The molecule has 0 aliphatic heterocycles. The molecule has 0 aliphatic rings. The second-order valence-electron chi connectivity index (χ2n) is 5.21. The van der Waals surface area contributed by atoms with Gasteiger partial charge in [-0.3, -0.25) is 4.98 Å². The first-order chi connectivity index (χ1) is 10.2. The molecule has 1 aromatic heterocycles. The Kier molecular flexibility index (Phi) is 6.21. The minimum absolute atomic E-state index is 0.317. The summed E-state index contributed by atoms with van der Waals surface area (Å²) in [4.78, 5) is 8.50. The molecule has 21 heavy (non-hydrogen) atoms. The third-order valence-electron chi connectivity index (χ3n) is 3.37. The van der Waals surface area contributed by atoms with E-state index < -0.39 is 0 Å². The number of rotatable bonds is 7. The average Bonchev–Trinajstić information content (AvgIpc) is 2.50. The van der Waals surface area contributed by atoms with Crippen LogP contribution in [0.5, 0.6) is 0 Å². The van der Waals surface area contributed by atoms with Crippen molar-refractivity contribution in [3.8, 4) is 0 Å². The van der Waals surface area contributed by atoms with Crippen LogP contribution in [0.25, 0.3) is 0 Å². The van der Waals surface area contributed by atoms with Crippen molar-refractivity contribution in [2.45, 2.75) is 43.5 Å².